The summed E-state index contributed by atoms with van der Waals surface area (Å²) in [5.74, 6) is -0.0357. The Morgan fingerprint density at radius 3 is 2.82 bits per heavy atom. The summed E-state index contributed by atoms with van der Waals surface area (Å²) in [6.45, 7) is 0.179. The second-order valence-corrected chi connectivity index (χ2v) is 3.81. The molecule has 0 saturated heterocycles. The molecule has 1 aromatic carbocycles. The average Bonchev–Trinajstić information content (AvgIpc) is 2.77. The van der Waals surface area contributed by atoms with Crippen LogP contribution in [0.3, 0.4) is 0 Å². The van der Waals surface area contributed by atoms with Crippen molar-refractivity contribution in [1.82, 2.24) is 15.2 Å². The minimum atomic E-state index is -0.0357. The van der Waals surface area contributed by atoms with E-state index in [1.165, 1.54) is 4.90 Å². The molecule has 17 heavy (non-hydrogen) atoms. The Balaban J connectivity index is 2.22. The standard InChI is InChI=1S/C10H13N5O2/c1-15(2)8(16)5-12-7-4-3-6(11)9-10(7)14-17-13-9/h3-4,12H,5,11H2,1-2H3. The van der Waals surface area contributed by atoms with Gasteiger partial charge in [-0.15, -0.1) is 0 Å². The molecule has 2 rings (SSSR count). The fraction of sp³-hybridized carbons (Fsp3) is 0.300. The third-order valence-electron chi connectivity index (χ3n) is 2.38. The molecule has 1 aromatic heterocycles. The van der Waals surface area contributed by atoms with Crippen molar-refractivity contribution in [1.29, 1.82) is 0 Å². The summed E-state index contributed by atoms with van der Waals surface area (Å²) in [6, 6.07) is 3.43. The van der Waals surface area contributed by atoms with Gasteiger partial charge in [0.1, 0.15) is 0 Å². The maximum atomic E-state index is 11.4. The molecule has 0 fully saturated rings. The first-order valence-corrected chi connectivity index (χ1v) is 5.04. The number of nitrogens with one attached hydrogen (secondary N) is 1. The van der Waals surface area contributed by atoms with Crippen LogP contribution in [0.15, 0.2) is 16.8 Å². The Kier molecular flexibility index (Phi) is 2.82. The van der Waals surface area contributed by atoms with E-state index in [9.17, 15) is 4.79 Å². The number of likely N-dealkylation sites (N-methyl/N-ethyl adjacent to an activating group) is 1. The molecule has 7 heteroatoms. The van der Waals surface area contributed by atoms with Crippen molar-refractivity contribution < 1.29 is 9.42 Å². The first-order chi connectivity index (χ1) is 8.09. The summed E-state index contributed by atoms with van der Waals surface area (Å²) >= 11 is 0. The SMILES string of the molecule is CN(C)C(=O)CNc1ccc(N)c2nonc12. The van der Waals surface area contributed by atoms with E-state index in [0.717, 1.165) is 0 Å². The van der Waals surface area contributed by atoms with Crippen molar-refractivity contribution in [3.8, 4) is 0 Å². The van der Waals surface area contributed by atoms with Crippen molar-refractivity contribution in [3.63, 3.8) is 0 Å². The Labute approximate surface area is 97.5 Å². The van der Waals surface area contributed by atoms with E-state index in [-0.39, 0.29) is 12.5 Å². The van der Waals surface area contributed by atoms with Gasteiger partial charge in [0, 0.05) is 14.1 Å². The lowest BCUT2D eigenvalue weighted by Gasteiger charge is -2.11. The van der Waals surface area contributed by atoms with Gasteiger partial charge >= 0.3 is 0 Å². The lowest BCUT2D eigenvalue weighted by Crippen LogP contribution is -2.28. The fourth-order valence-electron chi connectivity index (χ4n) is 1.36. The number of hydrogen-bond donors (Lipinski definition) is 2. The van der Waals surface area contributed by atoms with Crippen LogP contribution in [0.5, 0.6) is 0 Å². The normalized spacial score (nSPS) is 10.5. The Morgan fingerprint density at radius 2 is 2.12 bits per heavy atom. The topological polar surface area (TPSA) is 97.3 Å². The Morgan fingerprint density at radius 1 is 1.41 bits per heavy atom. The molecule has 1 heterocycles. The van der Waals surface area contributed by atoms with E-state index in [1.807, 2.05) is 0 Å². The fourth-order valence-corrected chi connectivity index (χ4v) is 1.36. The van der Waals surface area contributed by atoms with Crippen molar-refractivity contribution in [2.45, 2.75) is 0 Å². The maximum absolute atomic E-state index is 11.4. The van der Waals surface area contributed by atoms with Gasteiger partial charge < -0.3 is 16.0 Å². The molecule has 0 atom stereocenters. The van der Waals surface area contributed by atoms with E-state index < -0.39 is 0 Å². The number of aromatic nitrogens is 2. The molecule has 0 aliphatic rings. The van der Waals surface area contributed by atoms with Crippen LogP contribution in [0.25, 0.3) is 11.0 Å². The Hall–Kier alpha value is -2.31. The van der Waals surface area contributed by atoms with Crippen molar-refractivity contribution in [2.75, 3.05) is 31.7 Å². The number of rotatable bonds is 3. The number of benzene rings is 1. The van der Waals surface area contributed by atoms with E-state index in [0.29, 0.717) is 22.4 Å². The van der Waals surface area contributed by atoms with Crippen LogP contribution >= 0.6 is 0 Å². The van der Waals surface area contributed by atoms with Crippen molar-refractivity contribution in [2.24, 2.45) is 0 Å². The van der Waals surface area contributed by atoms with E-state index in [4.69, 9.17) is 5.73 Å². The number of nitrogens with zero attached hydrogens (tertiary/aromatic N) is 3. The molecule has 3 N–H and O–H groups in total. The van der Waals surface area contributed by atoms with Crippen LogP contribution < -0.4 is 11.1 Å². The van der Waals surface area contributed by atoms with Crippen molar-refractivity contribution >= 4 is 28.3 Å². The van der Waals surface area contributed by atoms with Gasteiger partial charge in [-0.25, -0.2) is 4.63 Å². The number of anilines is 2. The van der Waals surface area contributed by atoms with Crippen LogP contribution in [0.1, 0.15) is 0 Å². The van der Waals surface area contributed by atoms with Gasteiger partial charge in [-0.1, -0.05) is 0 Å². The molecule has 0 bridgehead atoms. The molecule has 0 saturated carbocycles. The molecule has 0 radical (unpaired) electrons. The van der Waals surface area contributed by atoms with Crippen LogP contribution in [0, 0.1) is 0 Å². The number of fused-ring (bicyclic) bond motifs is 1. The van der Waals surface area contributed by atoms with Gasteiger partial charge in [-0.2, -0.15) is 0 Å². The van der Waals surface area contributed by atoms with Crippen LogP contribution in [-0.2, 0) is 4.79 Å². The molecule has 0 unspecified atom stereocenters. The minimum absolute atomic E-state index is 0.0357. The second-order valence-electron chi connectivity index (χ2n) is 3.81. The largest absolute Gasteiger partial charge is 0.397 e. The first-order valence-electron chi connectivity index (χ1n) is 5.04. The van der Waals surface area contributed by atoms with Gasteiger partial charge in [0.25, 0.3) is 0 Å². The molecule has 0 aliphatic heterocycles. The van der Waals surface area contributed by atoms with Gasteiger partial charge in [-0.3, -0.25) is 4.79 Å². The van der Waals surface area contributed by atoms with Gasteiger partial charge in [-0.05, 0) is 22.4 Å². The smallest absolute Gasteiger partial charge is 0.241 e. The van der Waals surface area contributed by atoms with Gasteiger partial charge in [0.05, 0.1) is 17.9 Å². The molecule has 1 amide bonds. The number of carbonyl (C=O) groups excluding carboxylic acids is 1. The highest BCUT2D eigenvalue weighted by molar-refractivity contribution is 5.96. The van der Waals surface area contributed by atoms with Crippen molar-refractivity contribution in [3.05, 3.63) is 12.1 Å². The summed E-state index contributed by atoms with van der Waals surface area (Å²) in [7, 11) is 3.39. The average molecular weight is 235 g/mol. The quantitative estimate of drug-likeness (QED) is 0.743. The molecule has 7 nitrogen and oxygen atoms in total. The molecular weight excluding hydrogens is 222 g/mol. The first kappa shape index (κ1) is 11.2. The molecule has 0 aliphatic carbocycles. The summed E-state index contributed by atoms with van der Waals surface area (Å²) in [6.07, 6.45) is 0. The zero-order chi connectivity index (χ0) is 12.4. The zero-order valence-electron chi connectivity index (χ0n) is 9.60. The Bertz CT molecular complexity index is 549. The molecule has 2 aromatic rings. The molecular formula is C10H13N5O2. The summed E-state index contributed by atoms with van der Waals surface area (Å²) in [5, 5.41) is 10.4. The van der Waals surface area contributed by atoms with Crippen LogP contribution in [0.4, 0.5) is 11.4 Å². The highest BCUT2D eigenvalue weighted by atomic mass is 16.6. The summed E-state index contributed by atoms with van der Waals surface area (Å²) < 4.78 is 4.63. The predicted octanol–water partition coefficient (Wildman–Crippen LogP) is 0.305. The minimum Gasteiger partial charge on any atom is -0.397 e. The number of hydrogen-bond acceptors (Lipinski definition) is 6. The summed E-state index contributed by atoms with van der Waals surface area (Å²) in [5.41, 5.74) is 7.89. The van der Waals surface area contributed by atoms with Gasteiger partial charge in [0.2, 0.25) is 5.91 Å². The van der Waals surface area contributed by atoms with Gasteiger partial charge in [0.15, 0.2) is 11.0 Å². The van der Waals surface area contributed by atoms with E-state index in [1.54, 1.807) is 26.2 Å². The van der Waals surface area contributed by atoms with E-state index >= 15 is 0 Å². The second kappa shape index (κ2) is 4.28. The predicted molar refractivity (Wildman–Crippen MR) is 63.4 cm³/mol. The molecule has 0 spiro atoms. The number of nitrogens with two attached hydrogens (primary N) is 1. The third kappa shape index (κ3) is 2.12. The number of carbonyl (C=O) groups is 1. The monoisotopic (exact) mass is 235 g/mol. The highest BCUT2D eigenvalue weighted by Crippen LogP contribution is 2.24. The lowest BCUT2D eigenvalue weighted by atomic mass is 10.2. The number of amides is 1. The highest BCUT2D eigenvalue weighted by Gasteiger charge is 2.11. The van der Waals surface area contributed by atoms with Crippen LogP contribution in [-0.4, -0.2) is 41.8 Å². The number of nitrogen functional groups attached to an aromatic ring is 1. The maximum Gasteiger partial charge on any atom is 0.241 e. The van der Waals surface area contributed by atoms with E-state index in [2.05, 4.69) is 20.3 Å². The summed E-state index contributed by atoms with van der Waals surface area (Å²) in [4.78, 5) is 12.9. The molecule has 90 valence electrons. The lowest BCUT2D eigenvalue weighted by molar-refractivity contribution is -0.126. The zero-order valence-corrected chi connectivity index (χ0v) is 9.60. The third-order valence-corrected chi connectivity index (χ3v) is 2.38. The van der Waals surface area contributed by atoms with Crippen LogP contribution in [0.2, 0.25) is 0 Å².